The summed E-state index contributed by atoms with van der Waals surface area (Å²) < 4.78 is 4.82. The van der Waals surface area contributed by atoms with E-state index in [-0.39, 0.29) is 18.5 Å². The van der Waals surface area contributed by atoms with Crippen LogP contribution in [0.25, 0.3) is 66.1 Å². The molecular weight excluding hydrogens is 683 g/mol. The van der Waals surface area contributed by atoms with Gasteiger partial charge in [-0.1, -0.05) is 140 Å². The summed E-state index contributed by atoms with van der Waals surface area (Å²) in [5.74, 6) is 0.355. The predicted molar refractivity (Wildman–Crippen MR) is 232 cm³/mol. The number of benzene rings is 7. The van der Waals surface area contributed by atoms with Crippen molar-refractivity contribution in [2.75, 3.05) is 0 Å². The van der Waals surface area contributed by atoms with Gasteiger partial charge in [-0.15, -0.1) is 0 Å². The molecule has 4 atom stereocenters. The second-order valence-electron chi connectivity index (χ2n) is 15.1. The highest BCUT2D eigenvalue weighted by atomic mass is 15.4. The number of para-hydroxylation sites is 3. The Morgan fingerprint density at radius 1 is 0.411 bits per heavy atom. The molecule has 1 fully saturated rings. The van der Waals surface area contributed by atoms with Crippen LogP contribution >= 0.6 is 0 Å². The van der Waals surface area contributed by atoms with E-state index in [1.54, 1.807) is 0 Å². The van der Waals surface area contributed by atoms with E-state index in [1.807, 2.05) is 0 Å². The maximum atomic E-state index is 3.93. The van der Waals surface area contributed by atoms with Crippen LogP contribution in [0.4, 0.5) is 0 Å². The first-order valence-electron chi connectivity index (χ1n) is 19.7. The van der Waals surface area contributed by atoms with Crippen molar-refractivity contribution in [1.82, 2.24) is 25.1 Å². The summed E-state index contributed by atoms with van der Waals surface area (Å²) in [5.41, 5.74) is 12.0. The summed E-state index contributed by atoms with van der Waals surface area (Å²) in [4.78, 5) is 0. The predicted octanol–water partition coefficient (Wildman–Crippen LogP) is 11.5. The summed E-state index contributed by atoms with van der Waals surface area (Å²) in [6, 6.07) is 61.9. The molecule has 0 amide bonds. The zero-order valence-corrected chi connectivity index (χ0v) is 30.9. The molecule has 11 rings (SSSR count). The number of allylic oxidation sites excluding steroid dienone is 3. The highest BCUT2D eigenvalue weighted by Crippen LogP contribution is 2.38. The van der Waals surface area contributed by atoms with Gasteiger partial charge in [0, 0.05) is 38.8 Å². The van der Waals surface area contributed by atoms with Crippen molar-refractivity contribution >= 4 is 43.6 Å². The highest BCUT2D eigenvalue weighted by molar-refractivity contribution is 6.11. The minimum atomic E-state index is -0.0489. The Morgan fingerprint density at radius 3 is 1.64 bits per heavy atom. The van der Waals surface area contributed by atoms with E-state index in [1.165, 1.54) is 65.9 Å². The first-order chi connectivity index (χ1) is 27.8. The average Bonchev–Trinajstić information content (AvgIpc) is 3.80. The number of nitrogens with zero attached hydrogens (tertiary/aromatic N) is 2. The van der Waals surface area contributed by atoms with Crippen molar-refractivity contribution < 1.29 is 0 Å². The van der Waals surface area contributed by atoms with Gasteiger partial charge in [-0.3, -0.25) is 16.0 Å². The summed E-state index contributed by atoms with van der Waals surface area (Å²) in [6.07, 6.45) is 9.97. The van der Waals surface area contributed by atoms with E-state index < -0.39 is 0 Å². The minimum absolute atomic E-state index is 0.00975. The number of rotatable bonds is 6. The van der Waals surface area contributed by atoms with Gasteiger partial charge >= 0.3 is 0 Å². The lowest BCUT2D eigenvalue weighted by atomic mass is 9.95. The van der Waals surface area contributed by atoms with Gasteiger partial charge in [-0.2, -0.15) is 0 Å². The van der Waals surface area contributed by atoms with E-state index in [0.29, 0.717) is 5.92 Å². The van der Waals surface area contributed by atoms with Gasteiger partial charge in [0.1, 0.15) is 0 Å². The third-order valence-corrected chi connectivity index (χ3v) is 11.8. The maximum absolute atomic E-state index is 3.93. The first-order valence-corrected chi connectivity index (χ1v) is 19.7. The molecule has 5 heteroatoms. The zero-order chi connectivity index (χ0) is 37.0. The van der Waals surface area contributed by atoms with Crippen molar-refractivity contribution in [3.8, 4) is 22.5 Å². The fourth-order valence-corrected chi connectivity index (χ4v) is 9.09. The Balaban J connectivity index is 0.985. The molecule has 5 nitrogen and oxygen atoms in total. The van der Waals surface area contributed by atoms with Gasteiger partial charge in [0.15, 0.2) is 0 Å². The standard InChI is InChI=1S/C51H41N5/c1-3-15-34(16-4-1)49-52-50(35-17-5-2-6-18-35)54-51(53-49)38-20-14-22-40(32-38)56-47-28-12-9-25-43(47)44-33-37(29-30-48(44)56)36-19-13-21-39(31-36)55-45-26-10-7-23-41(45)42-24-8-11-27-46(42)55/h1-17,19-33,35,49-54H,18H2. The van der Waals surface area contributed by atoms with Gasteiger partial charge in [0.2, 0.25) is 0 Å². The second kappa shape index (κ2) is 13.7. The molecule has 0 saturated carbocycles. The van der Waals surface area contributed by atoms with E-state index in [0.717, 1.165) is 17.8 Å². The fraction of sp³-hybridized carbons (Fsp3) is 0.0980. The van der Waals surface area contributed by atoms with Gasteiger partial charge < -0.3 is 9.13 Å². The Labute approximate surface area is 326 Å². The molecule has 0 spiro atoms. The molecular formula is C51H41N5. The lowest BCUT2D eigenvalue weighted by Gasteiger charge is -2.42. The SMILES string of the molecule is C1=CCC(C2NC(c3ccccc3)NC(c3cccc(-n4c5ccccc5c5cc(-c6cccc(-n7c8ccccc8c8ccccc87)c6)ccc54)c3)N2)C=C1. The molecule has 3 N–H and O–H groups in total. The van der Waals surface area contributed by atoms with Crippen molar-refractivity contribution in [3.63, 3.8) is 0 Å². The van der Waals surface area contributed by atoms with Crippen LogP contribution in [0.2, 0.25) is 0 Å². The minimum Gasteiger partial charge on any atom is -0.309 e. The summed E-state index contributed by atoms with van der Waals surface area (Å²) in [5, 5.41) is 16.7. The molecule has 9 aromatic rings. The smallest absolute Gasteiger partial charge is 0.0862 e. The van der Waals surface area contributed by atoms with E-state index in [2.05, 4.69) is 219 Å². The summed E-state index contributed by atoms with van der Waals surface area (Å²) in [6.45, 7) is 0. The van der Waals surface area contributed by atoms with Crippen molar-refractivity contribution in [1.29, 1.82) is 0 Å². The topological polar surface area (TPSA) is 46.0 Å². The third-order valence-electron chi connectivity index (χ3n) is 11.8. The monoisotopic (exact) mass is 723 g/mol. The molecule has 1 aliphatic carbocycles. The van der Waals surface area contributed by atoms with E-state index >= 15 is 0 Å². The Kier molecular flexibility index (Phi) is 8.02. The first kappa shape index (κ1) is 32.9. The van der Waals surface area contributed by atoms with Crippen LogP contribution < -0.4 is 16.0 Å². The highest BCUT2D eigenvalue weighted by Gasteiger charge is 2.32. The van der Waals surface area contributed by atoms with E-state index in [4.69, 9.17) is 0 Å². The van der Waals surface area contributed by atoms with Crippen molar-refractivity contribution in [2.24, 2.45) is 5.92 Å². The molecule has 270 valence electrons. The third kappa shape index (κ3) is 5.59. The number of hydrogen-bond acceptors (Lipinski definition) is 3. The molecule has 1 saturated heterocycles. The average molecular weight is 724 g/mol. The van der Waals surface area contributed by atoms with Gasteiger partial charge in [0.25, 0.3) is 0 Å². The maximum Gasteiger partial charge on any atom is 0.0862 e. The van der Waals surface area contributed by atoms with Gasteiger partial charge in [-0.05, 0) is 83.3 Å². The molecule has 2 aromatic heterocycles. The van der Waals surface area contributed by atoms with Crippen LogP contribution in [0, 0.1) is 5.92 Å². The quantitative estimate of drug-likeness (QED) is 0.160. The lowest BCUT2D eigenvalue weighted by Crippen LogP contribution is -2.61. The summed E-state index contributed by atoms with van der Waals surface area (Å²) in [7, 11) is 0. The molecule has 0 radical (unpaired) electrons. The number of aromatic nitrogens is 2. The molecule has 0 bridgehead atoms. The second-order valence-corrected chi connectivity index (χ2v) is 15.1. The number of nitrogens with one attached hydrogen (secondary N) is 3. The fourth-order valence-electron chi connectivity index (χ4n) is 9.09. The molecule has 4 unspecified atom stereocenters. The van der Waals surface area contributed by atoms with Crippen LogP contribution in [0.15, 0.2) is 194 Å². The largest absolute Gasteiger partial charge is 0.309 e. The van der Waals surface area contributed by atoms with Crippen molar-refractivity contribution in [2.45, 2.75) is 24.9 Å². The molecule has 3 heterocycles. The van der Waals surface area contributed by atoms with Crippen LogP contribution in [-0.2, 0) is 0 Å². The molecule has 56 heavy (non-hydrogen) atoms. The zero-order valence-electron chi connectivity index (χ0n) is 30.9. The Bertz CT molecular complexity index is 2910. The van der Waals surface area contributed by atoms with Crippen LogP contribution in [0.5, 0.6) is 0 Å². The molecule has 7 aromatic carbocycles. The number of fused-ring (bicyclic) bond motifs is 6. The lowest BCUT2D eigenvalue weighted by molar-refractivity contribution is 0.170. The summed E-state index contributed by atoms with van der Waals surface area (Å²) >= 11 is 0. The number of hydrogen-bond donors (Lipinski definition) is 3. The van der Waals surface area contributed by atoms with Crippen LogP contribution in [-0.4, -0.2) is 15.3 Å². The van der Waals surface area contributed by atoms with Gasteiger partial charge in [0.05, 0.1) is 40.6 Å². The normalized spacial score (nSPS) is 19.7. The Hall–Kier alpha value is -6.50. The van der Waals surface area contributed by atoms with Crippen LogP contribution in [0.1, 0.15) is 29.9 Å². The van der Waals surface area contributed by atoms with E-state index in [9.17, 15) is 0 Å². The van der Waals surface area contributed by atoms with Crippen molar-refractivity contribution in [3.05, 3.63) is 205 Å². The Morgan fingerprint density at radius 2 is 0.964 bits per heavy atom. The van der Waals surface area contributed by atoms with Crippen LogP contribution in [0.3, 0.4) is 0 Å². The molecule has 2 aliphatic rings. The van der Waals surface area contributed by atoms with Gasteiger partial charge in [-0.25, -0.2) is 0 Å². The molecule has 1 aliphatic heterocycles.